The molecule has 0 saturated heterocycles. The van der Waals surface area contributed by atoms with Crippen molar-refractivity contribution < 1.29 is 0 Å². The first-order valence-corrected chi connectivity index (χ1v) is 9.96. The average Bonchev–Trinajstić information content (AvgIpc) is 2.78. The first-order valence-electron chi connectivity index (χ1n) is 9.96. The molecule has 0 bridgehead atoms. The summed E-state index contributed by atoms with van der Waals surface area (Å²) in [7, 11) is 0. The maximum atomic E-state index is 2.34. The Hall–Kier alpha value is -3.32. The second kappa shape index (κ2) is 6.10. The van der Waals surface area contributed by atoms with Crippen molar-refractivity contribution in [2.75, 3.05) is 0 Å². The Morgan fingerprint density at radius 1 is 0.464 bits per heavy atom. The van der Waals surface area contributed by atoms with E-state index in [1.54, 1.807) is 0 Å². The van der Waals surface area contributed by atoms with Gasteiger partial charge < -0.3 is 0 Å². The van der Waals surface area contributed by atoms with Gasteiger partial charge in [-0.3, -0.25) is 0 Å². The van der Waals surface area contributed by atoms with Gasteiger partial charge in [0.15, 0.2) is 0 Å². The van der Waals surface area contributed by atoms with Gasteiger partial charge in [-0.15, -0.1) is 0 Å². The molecule has 0 saturated carbocycles. The van der Waals surface area contributed by atoms with Crippen LogP contribution in [0.5, 0.6) is 0 Å². The first kappa shape index (κ1) is 15.7. The number of benzene rings is 5. The highest BCUT2D eigenvalue weighted by atomic mass is 14.2. The minimum Gasteiger partial charge on any atom is -0.0686 e. The lowest BCUT2D eigenvalue weighted by molar-refractivity contribution is 1.22. The Bertz CT molecular complexity index is 1250. The van der Waals surface area contributed by atoms with E-state index in [-0.39, 0.29) is 6.71 Å². The highest BCUT2D eigenvalue weighted by Gasteiger charge is 2.33. The van der Waals surface area contributed by atoms with Crippen LogP contribution < -0.4 is 16.4 Å². The van der Waals surface area contributed by atoms with Gasteiger partial charge in [0.25, 0.3) is 0 Å². The standard InChI is InChI=1S/C27H19B/c1-2-10-23(11-3-1)28-26-21(16-14-19-8-4-6-12-24(19)26)18-22-17-15-20-9-5-7-13-25(20)27(22)28/h1-17H,18H2. The largest absolute Gasteiger partial charge is 0.243 e. The summed E-state index contributed by atoms with van der Waals surface area (Å²) in [5, 5.41) is 5.41. The van der Waals surface area contributed by atoms with Gasteiger partial charge in [0.1, 0.15) is 0 Å². The Kier molecular flexibility index (Phi) is 3.43. The van der Waals surface area contributed by atoms with Gasteiger partial charge in [0.2, 0.25) is 6.71 Å². The van der Waals surface area contributed by atoms with Gasteiger partial charge in [0.05, 0.1) is 0 Å². The number of hydrogen-bond donors (Lipinski definition) is 0. The van der Waals surface area contributed by atoms with Crippen LogP contribution in [0.2, 0.25) is 0 Å². The lowest BCUT2D eigenvalue weighted by atomic mass is 9.32. The fourth-order valence-electron chi connectivity index (χ4n) is 5.00. The fourth-order valence-corrected chi connectivity index (χ4v) is 5.00. The number of fused-ring (bicyclic) bond motifs is 6. The molecule has 6 rings (SSSR count). The van der Waals surface area contributed by atoms with E-state index in [9.17, 15) is 0 Å². The van der Waals surface area contributed by atoms with Crippen LogP contribution in [-0.2, 0) is 6.42 Å². The molecule has 0 atom stereocenters. The summed E-state index contributed by atoms with van der Waals surface area (Å²) in [5.74, 6) is 0. The normalized spacial score (nSPS) is 12.8. The van der Waals surface area contributed by atoms with Crippen LogP contribution in [0.1, 0.15) is 11.1 Å². The molecule has 0 aliphatic carbocycles. The van der Waals surface area contributed by atoms with Gasteiger partial charge >= 0.3 is 0 Å². The molecule has 28 heavy (non-hydrogen) atoms. The third-order valence-corrected chi connectivity index (χ3v) is 6.21. The molecule has 0 N–H and O–H groups in total. The summed E-state index contributed by atoms with van der Waals surface area (Å²) >= 11 is 0. The van der Waals surface area contributed by atoms with Crippen molar-refractivity contribution in [2.24, 2.45) is 0 Å². The summed E-state index contributed by atoms with van der Waals surface area (Å²) in [6, 6.07) is 37.9. The van der Waals surface area contributed by atoms with Crippen LogP contribution in [0.4, 0.5) is 0 Å². The van der Waals surface area contributed by atoms with Crippen LogP contribution in [0.3, 0.4) is 0 Å². The Labute approximate surface area is 165 Å². The quantitative estimate of drug-likeness (QED) is 0.384. The molecule has 0 radical (unpaired) electrons. The van der Waals surface area contributed by atoms with Crippen molar-refractivity contribution in [1.29, 1.82) is 0 Å². The molecule has 0 aromatic heterocycles. The van der Waals surface area contributed by atoms with Crippen molar-refractivity contribution in [3.63, 3.8) is 0 Å². The van der Waals surface area contributed by atoms with E-state index in [0.717, 1.165) is 6.42 Å². The van der Waals surface area contributed by atoms with E-state index in [2.05, 4.69) is 103 Å². The fraction of sp³-hybridized carbons (Fsp3) is 0.0370. The molecular weight excluding hydrogens is 335 g/mol. The molecule has 0 nitrogen and oxygen atoms in total. The highest BCUT2D eigenvalue weighted by molar-refractivity contribution is 6.99. The molecule has 1 heterocycles. The molecule has 5 aromatic carbocycles. The predicted molar refractivity (Wildman–Crippen MR) is 122 cm³/mol. The number of hydrogen-bond acceptors (Lipinski definition) is 0. The van der Waals surface area contributed by atoms with Gasteiger partial charge in [-0.25, -0.2) is 0 Å². The number of rotatable bonds is 1. The van der Waals surface area contributed by atoms with E-state index >= 15 is 0 Å². The van der Waals surface area contributed by atoms with Crippen molar-refractivity contribution >= 4 is 44.6 Å². The minimum atomic E-state index is 0.261. The molecule has 130 valence electrons. The van der Waals surface area contributed by atoms with Crippen LogP contribution in [0.15, 0.2) is 103 Å². The molecule has 0 spiro atoms. The van der Waals surface area contributed by atoms with Crippen molar-refractivity contribution in [3.8, 4) is 0 Å². The van der Waals surface area contributed by atoms with Crippen LogP contribution >= 0.6 is 0 Å². The molecular formula is C27H19B. The second-order valence-electron chi connectivity index (χ2n) is 7.74. The zero-order valence-corrected chi connectivity index (χ0v) is 15.6. The van der Waals surface area contributed by atoms with Crippen LogP contribution in [0, 0.1) is 0 Å². The predicted octanol–water partition coefficient (Wildman–Crippen LogP) is 4.41. The summed E-state index contributed by atoms with van der Waals surface area (Å²) in [6.45, 7) is 0.261. The van der Waals surface area contributed by atoms with E-state index < -0.39 is 0 Å². The molecule has 0 amide bonds. The van der Waals surface area contributed by atoms with Gasteiger partial charge in [-0.1, -0.05) is 120 Å². The Morgan fingerprint density at radius 3 is 1.54 bits per heavy atom. The summed E-state index contributed by atoms with van der Waals surface area (Å²) < 4.78 is 0. The van der Waals surface area contributed by atoms with Crippen molar-refractivity contribution in [2.45, 2.75) is 6.42 Å². The molecule has 5 aromatic rings. The summed E-state index contributed by atoms with van der Waals surface area (Å²) in [4.78, 5) is 0. The lowest BCUT2D eigenvalue weighted by Gasteiger charge is -2.29. The smallest absolute Gasteiger partial charge is 0.0686 e. The SMILES string of the molecule is c1ccc(B2c3c(ccc4ccccc34)Cc3ccc4ccccc4c32)cc1. The molecule has 0 fully saturated rings. The zero-order chi connectivity index (χ0) is 18.5. The van der Waals surface area contributed by atoms with Crippen molar-refractivity contribution in [1.82, 2.24) is 0 Å². The average molecular weight is 354 g/mol. The molecule has 1 heteroatoms. The van der Waals surface area contributed by atoms with Crippen LogP contribution in [0.25, 0.3) is 21.5 Å². The molecule has 1 aliphatic heterocycles. The summed E-state index contributed by atoms with van der Waals surface area (Å²) in [6.07, 6.45) is 1.00. The first-order chi connectivity index (χ1) is 13.9. The third-order valence-electron chi connectivity index (χ3n) is 6.21. The van der Waals surface area contributed by atoms with E-state index in [0.29, 0.717) is 0 Å². The van der Waals surface area contributed by atoms with Gasteiger partial charge in [0, 0.05) is 0 Å². The third kappa shape index (κ3) is 2.26. The molecule has 1 aliphatic rings. The topological polar surface area (TPSA) is 0 Å². The van der Waals surface area contributed by atoms with E-state index in [1.165, 1.54) is 49.1 Å². The highest BCUT2D eigenvalue weighted by Crippen LogP contribution is 2.24. The van der Waals surface area contributed by atoms with Gasteiger partial charge in [-0.05, 0) is 39.1 Å². The van der Waals surface area contributed by atoms with E-state index in [4.69, 9.17) is 0 Å². The van der Waals surface area contributed by atoms with Crippen LogP contribution in [-0.4, -0.2) is 6.71 Å². The zero-order valence-electron chi connectivity index (χ0n) is 15.6. The minimum absolute atomic E-state index is 0.261. The maximum Gasteiger partial charge on any atom is 0.243 e. The second-order valence-corrected chi connectivity index (χ2v) is 7.74. The van der Waals surface area contributed by atoms with E-state index in [1.807, 2.05) is 0 Å². The lowest BCUT2D eigenvalue weighted by Crippen LogP contribution is -2.57. The maximum absolute atomic E-state index is 2.34. The summed E-state index contributed by atoms with van der Waals surface area (Å²) in [5.41, 5.74) is 7.24. The Morgan fingerprint density at radius 2 is 0.964 bits per heavy atom. The van der Waals surface area contributed by atoms with Crippen molar-refractivity contribution in [3.05, 3.63) is 114 Å². The molecule has 0 unspecified atom stereocenters. The monoisotopic (exact) mass is 354 g/mol. The Balaban J connectivity index is 1.77. The van der Waals surface area contributed by atoms with Gasteiger partial charge in [-0.2, -0.15) is 0 Å².